The van der Waals surface area contributed by atoms with Gasteiger partial charge in [0.2, 0.25) is 0 Å². The van der Waals surface area contributed by atoms with Crippen LogP contribution in [0.25, 0.3) is 0 Å². The number of piperidine rings is 1. The maximum absolute atomic E-state index is 14.6. The van der Waals surface area contributed by atoms with Gasteiger partial charge in [0.25, 0.3) is 0 Å². The fourth-order valence-corrected chi connectivity index (χ4v) is 3.92. The number of nitrogens with two attached hydrogens (primary N) is 1. The molecule has 2 aromatic carbocycles. The van der Waals surface area contributed by atoms with E-state index < -0.39 is 11.6 Å². The average Bonchev–Trinajstić information content (AvgIpc) is 2.70. The highest BCUT2D eigenvalue weighted by Gasteiger charge is 2.25. The summed E-state index contributed by atoms with van der Waals surface area (Å²) in [6.45, 7) is 2.09. The number of nitrogens with zero attached hydrogens (tertiary/aromatic N) is 3. The van der Waals surface area contributed by atoms with Crippen molar-refractivity contribution in [1.82, 2.24) is 10.3 Å². The number of hydrazone groups is 1. The molecule has 3 N–H and O–H groups in total. The van der Waals surface area contributed by atoms with Gasteiger partial charge in [0.15, 0.2) is 5.11 Å². The molecule has 160 valence electrons. The molecule has 0 atom stereocenters. The summed E-state index contributed by atoms with van der Waals surface area (Å²) in [4.78, 5) is 4.17. The molecule has 1 fully saturated rings. The van der Waals surface area contributed by atoms with E-state index >= 15 is 0 Å². The third kappa shape index (κ3) is 5.87. The monoisotopic (exact) mass is 451 g/mol. The normalized spacial score (nSPS) is 15.2. The molecule has 0 amide bonds. The smallest absolute Gasteiger partial charge is 0.184 e. The van der Waals surface area contributed by atoms with Crippen molar-refractivity contribution in [2.24, 2.45) is 10.8 Å². The van der Waals surface area contributed by atoms with Crippen LogP contribution in [0.15, 0.2) is 41.5 Å². The first kappa shape index (κ1) is 22.4. The van der Waals surface area contributed by atoms with Gasteiger partial charge >= 0.3 is 0 Å². The van der Waals surface area contributed by atoms with E-state index in [1.54, 1.807) is 0 Å². The first-order chi connectivity index (χ1) is 14.3. The van der Waals surface area contributed by atoms with Crippen molar-refractivity contribution < 1.29 is 8.78 Å². The Balaban J connectivity index is 1.61. The Kier molecular flexibility index (Phi) is 7.58. The van der Waals surface area contributed by atoms with Crippen LogP contribution in [-0.2, 0) is 6.54 Å². The van der Waals surface area contributed by atoms with E-state index in [1.165, 1.54) is 6.07 Å². The highest BCUT2D eigenvalue weighted by Crippen LogP contribution is 2.27. The van der Waals surface area contributed by atoms with Gasteiger partial charge in [-0.25, -0.2) is 8.78 Å². The quantitative estimate of drug-likeness (QED) is 0.396. The molecule has 3 rings (SSSR count). The molecule has 0 spiro atoms. The van der Waals surface area contributed by atoms with E-state index in [-0.39, 0.29) is 16.4 Å². The largest absolute Gasteiger partial charge is 0.375 e. The van der Waals surface area contributed by atoms with Gasteiger partial charge in [-0.1, -0.05) is 23.7 Å². The molecular weight excluding hydrogens is 428 g/mol. The molecule has 0 aromatic heterocycles. The lowest BCUT2D eigenvalue weighted by Gasteiger charge is -2.38. The number of hydrogen-bond donors (Lipinski definition) is 2. The summed E-state index contributed by atoms with van der Waals surface area (Å²) in [5.41, 5.74) is 9.02. The lowest BCUT2D eigenvalue weighted by molar-refractivity contribution is 0.200. The van der Waals surface area contributed by atoms with Crippen LogP contribution in [0.2, 0.25) is 5.02 Å². The number of benzene rings is 2. The molecular formula is C21H24ClF2N5S. The van der Waals surface area contributed by atoms with Crippen LogP contribution in [0, 0.1) is 11.6 Å². The number of anilines is 1. The molecule has 9 heteroatoms. The van der Waals surface area contributed by atoms with Gasteiger partial charge in [0.1, 0.15) is 11.6 Å². The maximum Gasteiger partial charge on any atom is 0.184 e. The molecule has 0 unspecified atom stereocenters. The van der Waals surface area contributed by atoms with E-state index in [9.17, 15) is 8.78 Å². The van der Waals surface area contributed by atoms with Crippen LogP contribution in [0.5, 0.6) is 0 Å². The van der Waals surface area contributed by atoms with Crippen LogP contribution in [0.3, 0.4) is 0 Å². The molecule has 1 aliphatic heterocycles. The predicted octanol–water partition coefficient (Wildman–Crippen LogP) is 3.89. The topological polar surface area (TPSA) is 56.9 Å². The molecule has 0 saturated carbocycles. The predicted molar refractivity (Wildman–Crippen MR) is 122 cm³/mol. The number of thiocarbonyl (C=S) groups is 1. The summed E-state index contributed by atoms with van der Waals surface area (Å²) < 4.78 is 29.0. The Labute approximate surface area is 185 Å². The molecule has 1 heterocycles. The summed E-state index contributed by atoms with van der Waals surface area (Å²) in [7, 11) is 2.08. The minimum Gasteiger partial charge on any atom is -0.375 e. The Morgan fingerprint density at radius 3 is 2.70 bits per heavy atom. The highest BCUT2D eigenvalue weighted by molar-refractivity contribution is 7.80. The molecule has 0 bridgehead atoms. The Morgan fingerprint density at radius 1 is 1.30 bits per heavy atom. The minimum absolute atomic E-state index is 0.0242. The Hall–Kier alpha value is -2.29. The van der Waals surface area contributed by atoms with Gasteiger partial charge in [-0.3, -0.25) is 10.3 Å². The molecule has 0 radical (unpaired) electrons. The summed E-state index contributed by atoms with van der Waals surface area (Å²) in [6, 6.07) is 10.5. The van der Waals surface area contributed by atoms with Crippen LogP contribution >= 0.6 is 23.8 Å². The van der Waals surface area contributed by atoms with E-state index in [0.717, 1.165) is 42.3 Å². The fourth-order valence-electron chi connectivity index (χ4n) is 3.66. The molecule has 1 aliphatic rings. The van der Waals surface area contributed by atoms with Crippen molar-refractivity contribution in [2.45, 2.75) is 25.4 Å². The van der Waals surface area contributed by atoms with Crippen molar-refractivity contribution in [3.63, 3.8) is 0 Å². The van der Waals surface area contributed by atoms with Gasteiger partial charge in [-0.2, -0.15) is 5.10 Å². The van der Waals surface area contributed by atoms with Crippen LogP contribution < -0.4 is 16.1 Å². The van der Waals surface area contributed by atoms with Crippen molar-refractivity contribution in [3.05, 3.63) is 64.2 Å². The number of rotatable bonds is 6. The van der Waals surface area contributed by atoms with E-state index in [2.05, 4.69) is 40.8 Å². The van der Waals surface area contributed by atoms with Gasteiger partial charge in [0, 0.05) is 42.3 Å². The van der Waals surface area contributed by atoms with Gasteiger partial charge in [0.05, 0.1) is 11.9 Å². The van der Waals surface area contributed by atoms with Crippen LogP contribution in [-0.4, -0.2) is 42.4 Å². The van der Waals surface area contributed by atoms with Crippen LogP contribution in [0.4, 0.5) is 14.5 Å². The van der Waals surface area contributed by atoms with Crippen molar-refractivity contribution in [2.75, 3.05) is 25.0 Å². The summed E-state index contributed by atoms with van der Waals surface area (Å²) >= 11 is 10.7. The van der Waals surface area contributed by atoms with Crippen molar-refractivity contribution in [1.29, 1.82) is 0 Å². The lowest BCUT2D eigenvalue weighted by atomic mass is 10.0. The molecule has 5 nitrogen and oxygen atoms in total. The zero-order valence-corrected chi connectivity index (χ0v) is 18.2. The lowest BCUT2D eigenvalue weighted by Crippen LogP contribution is -2.43. The maximum atomic E-state index is 14.6. The third-order valence-electron chi connectivity index (χ3n) is 5.19. The second kappa shape index (κ2) is 10.1. The van der Waals surface area contributed by atoms with E-state index in [4.69, 9.17) is 17.3 Å². The van der Waals surface area contributed by atoms with Crippen LogP contribution in [0.1, 0.15) is 24.0 Å². The molecule has 30 heavy (non-hydrogen) atoms. The third-order valence-corrected chi connectivity index (χ3v) is 5.52. The van der Waals surface area contributed by atoms with Crippen molar-refractivity contribution >= 4 is 40.8 Å². The first-order valence-electron chi connectivity index (χ1n) is 9.60. The second-order valence-corrected chi connectivity index (χ2v) is 8.20. The zero-order valence-electron chi connectivity index (χ0n) is 16.6. The number of nitrogens with one attached hydrogen (secondary N) is 1. The second-order valence-electron chi connectivity index (χ2n) is 7.32. The molecule has 1 saturated heterocycles. The SMILES string of the molecule is CN(Cc1cccc(Cl)c1)C1CCN(c2cc(F)c(/C=N/NC(N)=S)cc2F)CC1. The summed E-state index contributed by atoms with van der Waals surface area (Å²) in [5.74, 6) is -1.04. The van der Waals surface area contributed by atoms with Gasteiger partial charge < -0.3 is 10.6 Å². The Bertz CT molecular complexity index is 932. The standard InChI is InChI=1S/C21H24ClF2N5S/c1-28(13-14-3-2-4-16(22)9-14)17-5-7-29(8-6-17)20-11-18(23)15(10-19(20)24)12-26-27-21(25)30/h2-4,9-12,17H,5-8,13H2,1H3,(H3,25,27,30)/b26-12+. The Morgan fingerprint density at radius 2 is 2.03 bits per heavy atom. The number of halogens is 3. The first-order valence-corrected chi connectivity index (χ1v) is 10.4. The summed E-state index contributed by atoms with van der Waals surface area (Å²) in [5, 5.41) is 4.36. The minimum atomic E-state index is -0.555. The number of hydrogen-bond acceptors (Lipinski definition) is 4. The van der Waals surface area contributed by atoms with Gasteiger partial charge in [-0.05, 0) is 55.9 Å². The fraction of sp³-hybridized carbons (Fsp3) is 0.333. The van der Waals surface area contributed by atoms with E-state index in [0.29, 0.717) is 19.1 Å². The highest BCUT2D eigenvalue weighted by atomic mass is 35.5. The van der Waals surface area contributed by atoms with Gasteiger partial charge in [-0.15, -0.1) is 0 Å². The molecule has 0 aliphatic carbocycles. The zero-order chi connectivity index (χ0) is 21.7. The summed E-state index contributed by atoms with van der Waals surface area (Å²) in [6.07, 6.45) is 2.87. The molecule has 2 aromatic rings. The van der Waals surface area contributed by atoms with E-state index in [1.807, 2.05) is 23.1 Å². The average molecular weight is 452 g/mol. The van der Waals surface area contributed by atoms with Crippen molar-refractivity contribution in [3.8, 4) is 0 Å².